The molecule has 0 aliphatic heterocycles. The van der Waals surface area contributed by atoms with Crippen LogP contribution < -0.4 is 5.56 Å². The van der Waals surface area contributed by atoms with Gasteiger partial charge in [0.25, 0.3) is 5.56 Å². The molecule has 0 saturated carbocycles. The minimum atomic E-state index is 0.0531. The summed E-state index contributed by atoms with van der Waals surface area (Å²) in [7, 11) is 0. The van der Waals surface area contributed by atoms with Crippen molar-refractivity contribution < 1.29 is 0 Å². The summed E-state index contributed by atoms with van der Waals surface area (Å²) in [6.07, 6.45) is 4.49. The Kier molecular flexibility index (Phi) is 4.41. The highest BCUT2D eigenvalue weighted by molar-refractivity contribution is 7.98. The zero-order valence-corrected chi connectivity index (χ0v) is 13.6. The molecular formula is C17H18ClNOS. The molecule has 1 aromatic heterocycles. The molecule has 1 heterocycles. The van der Waals surface area contributed by atoms with Gasteiger partial charge in [-0.15, -0.1) is 11.8 Å². The summed E-state index contributed by atoms with van der Waals surface area (Å²) in [5.41, 5.74) is 4.67. The first-order valence-electron chi connectivity index (χ1n) is 7.27. The van der Waals surface area contributed by atoms with Gasteiger partial charge in [0, 0.05) is 16.3 Å². The van der Waals surface area contributed by atoms with Gasteiger partial charge in [0.1, 0.15) is 0 Å². The SMILES string of the molecule is Cc1c2c(c(SCc3ccccc3Cl)[nH]c1=O)CCCC2. The Labute approximate surface area is 133 Å². The van der Waals surface area contributed by atoms with Crippen LogP contribution in [0.4, 0.5) is 0 Å². The highest BCUT2D eigenvalue weighted by Gasteiger charge is 2.18. The maximum Gasteiger partial charge on any atom is 0.251 e. The molecule has 0 amide bonds. The minimum Gasteiger partial charge on any atom is -0.317 e. The minimum absolute atomic E-state index is 0.0531. The molecule has 21 heavy (non-hydrogen) atoms. The first-order chi connectivity index (χ1) is 10.2. The Morgan fingerprint density at radius 3 is 2.67 bits per heavy atom. The second kappa shape index (κ2) is 6.29. The molecule has 3 rings (SSSR count). The molecule has 0 atom stereocenters. The van der Waals surface area contributed by atoms with E-state index in [0.29, 0.717) is 0 Å². The molecule has 0 radical (unpaired) electrons. The summed E-state index contributed by atoms with van der Waals surface area (Å²) in [5, 5.41) is 1.81. The van der Waals surface area contributed by atoms with Crippen molar-refractivity contribution in [3.63, 3.8) is 0 Å². The first kappa shape index (κ1) is 14.7. The van der Waals surface area contributed by atoms with Crippen LogP contribution >= 0.6 is 23.4 Å². The van der Waals surface area contributed by atoms with Gasteiger partial charge >= 0.3 is 0 Å². The summed E-state index contributed by atoms with van der Waals surface area (Å²) >= 11 is 7.89. The van der Waals surface area contributed by atoms with E-state index in [9.17, 15) is 4.79 Å². The van der Waals surface area contributed by atoms with Crippen molar-refractivity contribution in [1.82, 2.24) is 4.98 Å². The van der Waals surface area contributed by atoms with E-state index in [1.165, 1.54) is 24.0 Å². The van der Waals surface area contributed by atoms with Gasteiger partial charge in [-0.25, -0.2) is 0 Å². The molecule has 1 N–H and O–H groups in total. The predicted octanol–water partition coefficient (Wildman–Crippen LogP) is 4.51. The largest absolute Gasteiger partial charge is 0.317 e. The van der Waals surface area contributed by atoms with Gasteiger partial charge in [-0.1, -0.05) is 29.8 Å². The Morgan fingerprint density at radius 2 is 1.90 bits per heavy atom. The molecule has 0 saturated heterocycles. The standard InChI is InChI=1S/C17H18ClNOS/c1-11-13-7-3-4-8-14(13)17(19-16(11)20)21-10-12-6-2-5-9-15(12)18/h2,5-6,9H,3-4,7-8,10H2,1H3,(H,19,20). The zero-order valence-electron chi connectivity index (χ0n) is 12.0. The van der Waals surface area contributed by atoms with Gasteiger partial charge in [-0.3, -0.25) is 4.79 Å². The number of thioether (sulfide) groups is 1. The fourth-order valence-corrected chi connectivity index (χ4v) is 4.27. The Morgan fingerprint density at radius 1 is 1.19 bits per heavy atom. The average molecular weight is 320 g/mol. The highest BCUT2D eigenvalue weighted by Crippen LogP contribution is 2.32. The Hall–Kier alpha value is -1.19. The molecule has 1 aliphatic rings. The van der Waals surface area contributed by atoms with Crippen molar-refractivity contribution >= 4 is 23.4 Å². The van der Waals surface area contributed by atoms with E-state index in [0.717, 1.165) is 39.8 Å². The van der Waals surface area contributed by atoms with Crippen molar-refractivity contribution in [2.24, 2.45) is 0 Å². The molecule has 1 aliphatic carbocycles. The lowest BCUT2D eigenvalue weighted by molar-refractivity contribution is 0.660. The van der Waals surface area contributed by atoms with Crippen molar-refractivity contribution in [1.29, 1.82) is 0 Å². The summed E-state index contributed by atoms with van der Waals surface area (Å²) < 4.78 is 0. The fourth-order valence-electron chi connectivity index (χ4n) is 2.87. The second-order valence-electron chi connectivity index (χ2n) is 5.45. The van der Waals surface area contributed by atoms with Crippen LogP contribution in [0.1, 0.15) is 35.1 Å². The number of halogens is 1. The average Bonchev–Trinajstić information content (AvgIpc) is 2.51. The van der Waals surface area contributed by atoms with Crippen LogP contribution in [0, 0.1) is 6.92 Å². The maximum absolute atomic E-state index is 12.1. The summed E-state index contributed by atoms with van der Waals surface area (Å²) in [5.74, 6) is 0.783. The van der Waals surface area contributed by atoms with Crippen LogP contribution in [0.2, 0.25) is 5.02 Å². The number of benzene rings is 1. The number of hydrogen-bond donors (Lipinski definition) is 1. The van der Waals surface area contributed by atoms with Gasteiger partial charge in [0.05, 0.1) is 5.03 Å². The van der Waals surface area contributed by atoms with Crippen molar-refractivity contribution in [2.75, 3.05) is 0 Å². The van der Waals surface area contributed by atoms with Gasteiger partial charge in [0.15, 0.2) is 0 Å². The molecule has 110 valence electrons. The van der Waals surface area contributed by atoms with Crippen LogP contribution in [0.5, 0.6) is 0 Å². The van der Waals surface area contributed by atoms with E-state index in [1.807, 2.05) is 31.2 Å². The highest BCUT2D eigenvalue weighted by atomic mass is 35.5. The molecule has 2 aromatic rings. The van der Waals surface area contributed by atoms with E-state index in [2.05, 4.69) is 4.98 Å². The Balaban J connectivity index is 1.91. The smallest absolute Gasteiger partial charge is 0.251 e. The predicted molar refractivity (Wildman–Crippen MR) is 89.5 cm³/mol. The molecule has 1 aromatic carbocycles. The molecule has 4 heteroatoms. The van der Waals surface area contributed by atoms with Crippen molar-refractivity contribution in [3.8, 4) is 0 Å². The number of fused-ring (bicyclic) bond motifs is 1. The van der Waals surface area contributed by atoms with Crippen LogP contribution in [0.15, 0.2) is 34.1 Å². The van der Waals surface area contributed by atoms with Crippen LogP contribution in [-0.4, -0.2) is 4.98 Å². The van der Waals surface area contributed by atoms with Gasteiger partial charge in [-0.2, -0.15) is 0 Å². The number of H-pyrrole nitrogens is 1. The summed E-state index contributed by atoms with van der Waals surface area (Å²) in [6.45, 7) is 1.94. The normalized spacial score (nSPS) is 14.0. The molecule has 0 bridgehead atoms. The van der Waals surface area contributed by atoms with E-state index in [4.69, 9.17) is 11.6 Å². The molecular weight excluding hydrogens is 302 g/mol. The quantitative estimate of drug-likeness (QED) is 0.844. The van der Waals surface area contributed by atoms with Crippen molar-refractivity contribution in [3.05, 3.63) is 61.9 Å². The molecule has 0 spiro atoms. The fraction of sp³-hybridized carbons (Fsp3) is 0.353. The van der Waals surface area contributed by atoms with E-state index in [-0.39, 0.29) is 5.56 Å². The van der Waals surface area contributed by atoms with Gasteiger partial charge < -0.3 is 4.98 Å². The third kappa shape index (κ3) is 3.04. The van der Waals surface area contributed by atoms with Gasteiger partial charge in [-0.05, 0) is 55.4 Å². The number of aromatic nitrogens is 1. The number of nitrogens with one attached hydrogen (secondary N) is 1. The Bertz CT molecular complexity index is 723. The third-order valence-corrected chi connectivity index (χ3v) is 5.55. The lowest BCUT2D eigenvalue weighted by atomic mass is 9.90. The molecule has 2 nitrogen and oxygen atoms in total. The van der Waals surface area contributed by atoms with Crippen LogP contribution in [0.25, 0.3) is 0 Å². The van der Waals surface area contributed by atoms with Crippen molar-refractivity contribution in [2.45, 2.75) is 43.4 Å². The number of hydrogen-bond acceptors (Lipinski definition) is 2. The number of rotatable bonds is 3. The monoisotopic (exact) mass is 319 g/mol. The number of pyridine rings is 1. The summed E-state index contributed by atoms with van der Waals surface area (Å²) in [4.78, 5) is 15.2. The zero-order chi connectivity index (χ0) is 14.8. The first-order valence-corrected chi connectivity index (χ1v) is 8.64. The lowest BCUT2D eigenvalue weighted by Crippen LogP contribution is -2.19. The van der Waals surface area contributed by atoms with Crippen LogP contribution in [-0.2, 0) is 18.6 Å². The molecule has 0 fully saturated rings. The lowest BCUT2D eigenvalue weighted by Gasteiger charge is -2.20. The second-order valence-corrected chi connectivity index (χ2v) is 6.85. The third-order valence-electron chi connectivity index (χ3n) is 4.09. The maximum atomic E-state index is 12.1. The van der Waals surface area contributed by atoms with E-state index >= 15 is 0 Å². The molecule has 0 unspecified atom stereocenters. The topological polar surface area (TPSA) is 32.9 Å². The summed E-state index contributed by atoms with van der Waals surface area (Å²) in [6, 6.07) is 7.88. The van der Waals surface area contributed by atoms with Crippen LogP contribution in [0.3, 0.4) is 0 Å². The van der Waals surface area contributed by atoms with E-state index < -0.39 is 0 Å². The van der Waals surface area contributed by atoms with E-state index in [1.54, 1.807) is 11.8 Å². The van der Waals surface area contributed by atoms with Gasteiger partial charge in [0.2, 0.25) is 0 Å². The number of aromatic amines is 1.